The molecule has 0 saturated heterocycles. The predicted molar refractivity (Wildman–Crippen MR) is 210 cm³/mol. The number of hydrogen-bond acceptors (Lipinski definition) is 6. The fourth-order valence-electron chi connectivity index (χ4n) is 6.40. The molecule has 50 heavy (non-hydrogen) atoms. The van der Waals surface area contributed by atoms with Gasteiger partial charge in [-0.3, -0.25) is 14.4 Å². The van der Waals surface area contributed by atoms with Crippen LogP contribution in [0.4, 0.5) is 0 Å². The van der Waals surface area contributed by atoms with Crippen molar-refractivity contribution >= 4 is 17.9 Å². The molecule has 0 amide bonds. The highest BCUT2D eigenvalue weighted by molar-refractivity contribution is 5.71. The third-order valence-corrected chi connectivity index (χ3v) is 9.72. The molecule has 0 aliphatic carbocycles. The maximum Gasteiger partial charge on any atom is 0.306 e. The van der Waals surface area contributed by atoms with Crippen LogP contribution in [0.2, 0.25) is 0 Å². The van der Waals surface area contributed by atoms with Gasteiger partial charge >= 0.3 is 17.9 Å². The normalized spacial score (nSPS) is 12.1. The average Bonchev–Trinajstić information content (AvgIpc) is 3.08. The molecule has 0 aromatic rings. The number of carbonyl (C=O) groups is 3. The van der Waals surface area contributed by atoms with Crippen LogP contribution in [0.1, 0.15) is 234 Å². The minimum Gasteiger partial charge on any atom is -0.462 e. The quantitative estimate of drug-likeness (QED) is 0.0361. The van der Waals surface area contributed by atoms with Crippen molar-refractivity contribution in [2.45, 2.75) is 240 Å². The number of carbonyl (C=O) groups excluding carboxylic acids is 3. The van der Waals surface area contributed by atoms with Gasteiger partial charge in [0.2, 0.25) is 0 Å². The van der Waals surface area contributed by atoms with Gasteiger partial charge in [0.05, 0.1) is 0 Å². The summed E-state index contributed by atoms with van der Waals surface area (Å²) >= 11 is 0. The number of hydrogen-bond donors (Lipinski definition) is 0. The second kappa shape index (κ2) is 37.2. The van der Waals surface area contributed by atoms with E-state index in [1.807, 2.05) is 0 Å². The Morgan fingerprint density at radius 2 is 0.660 bits per heavy atom. The lowest BCUT2D eigenvalue weighted by molar-refractivity contribution is -0.167. The zero-order valence-electron chi connectivity index (χ0n) is 34.0. The van der Waals surface area contributed by atoms with E-state index in [0.717, 1.165) is 69.6 Å². The summed E-state index contributed by atoms with van der Waals surface area (Å²) in [6.45, 7) is 11.2. The van der Waals surface area contributed by atoms with E-state index in [9.17, 15) is 14.4 Å². The van der Waals surface area contributed by atoms with Gasteiger partial charge in [-0.05, 0) is 31.1 Å². The van der Waals surface area contributed by atoms with Crippen LogP contribution in [0, 0.1) is 11.8 Å². The van der Waals surface area contributed by atoms with E-state index in [0.29, 0.717) is 19.3 Å². The third-order valence-electron chi connectivity index (χ3n) is 9.72. The summed E-state index contributed by atoms with van der Waals surface area (Å²) < 4.78 is 16.7. The molecule has 0 spiro atoms. The maximum atomic E-state index is 12.7. The SMILES string of the molecule is CCCCCCCCCCCCCC(=O)O[C@@H](COC(=O)CCCCCCCCCCCC(C)C)COC(=O)CCCCCCCCC(C)C. The minimum atomic E-state index is -0.760. The van der Waals surface area contributed by atoms with Crippen molar-refractivity contribution < 1.29 is 28.6 Å². The molecule has 0 N–H and O–H groups in total. The summed E-state index contributed by atoms with van der Waals surface area (Å²) in [5.41, 5.74) is 0. The molecule has 6 nitrogen and oxygen atoms in total. The van der Waals surface area contributed by atoms with E-state index in [4.69, 9.17) is 14.2 Å². The monoisotopic (exact) mass is 709 g/mol. The molecule has 0 aliphatic heterocycles. The molecule has 0 aliphatic rings. The second-order valence-corrected chi connectivity index (χ2v) is 15.9. The van der Waals surface area contributed by atoms with Gasteiger partial charge in [0.15, 0.2) is 6.10 Å². The summed E-state index contributed by atoms with van der Waals surface area (Å²) in [7, 11) is 0. The fourth-order valence-corrected chi connectivity index (χ4v) is 6.40. The van der Waals surface area contributed by atoms with Crippen LogP contribution in [0.15, 0.2) is 0 Å². The van der Waals surface area contributed by atoms with Crippen molar-refractivity contribution in [3.05, 3.63) is 0 Å². The van der Waals surface area contributed by atoms with Crippen LogP contribution < -0.4 is 0 Å². The Labute approximate surface area is 310 Å². The van der Waals surface area contributed by atoms with Gasteiger partial charge in [-0.1, -0.05) is 195 Å². The topological polar surface area (TPSA) is 78.9 Å². The van der Waals surface area contributed by atoms with Crippen LogP contribution in [-0.2, 0) is 28.6 Å². The van der Waals surface area contributed by atoms with E-state index in [2.05, 4.69) is 34.6 Å². The summed E-state index contributed by atoms with van der Waals surface area (Å²) in [5, 5.41) is 0. The molecule has 0 fully saturated rings. The van der Waals surface area contributed by atoms with Crippen molar-refractivity contribution in [1.29, 1.82) is 0 Å². The van der Waals surface area contributed by atoms with Crippen LogP contribution in [0.25, 0.3) is 0 Å². The van der Waals surface area contributed by atoms with Gasteiger partial charge in [-0.15, -0.1) is 0 Å². The van der Waals surface area contributed by atoms with Crippen LogP contribution in [0.5, 0.6) is 0 Å². The molecule has 0 unspecified atom stereocenters. The zero-order chi connectivity index (χ0) is 36.9. The van der Waals surface area contributed by atoms with Crippen LogP contribution in [0.3, 0.4) is 0 Å². The first kappa shape index (κ1) is 48.4. The Kier molecular flexibility index (Phi) is 36.0. The van der Waals surface area contributed by atoms with E-state index in [-0.39, 0.29) is 31.1 Å². The van der Waals surface area contributed by atoms with Gasteiger partial charge in [0.25, 0.3) is 0 Å². The van der Waals surface area contributed by atoms with E-state index in [1.165, 1.54) is 122 Å². The molecule has 0 aromatic heterocycles. The van der Waals surface area contributed by atoms with Gasteiger partial charge in [0, 0.05) is 19.3 Å². The molecule has 0 bridgehead atoms. The predicted octanol–water partition coefficient (Wildman–Crippen LogP) is 13.4. The smallest absolute Gasteiger partial charge is 0.306 e. The molecule has 296 valence electrons. The van der Waals surface area contributed by atoms with Crippen molar-refractivity contribution in [3.63, 3.8) is 0 Å². The Bertz CT molecular complexity index is 764. The Balaban J connectivity index is 4.34. The fraction of sp³-hybridized carbons (Fsp3) is 0.932. The molecular weight excluding hydrogens is 624 g/mol. The van der Waals surface area contributed by atoms with Crippen LogP contribution in [-0.4, -0.2) is 37.2 Å². The van der Waals surface area contributed by atoms with Crippen molar-refractivity contribution in [1.82, 2.24) is 0 Å². The number of unbranched alkanes of at least 4 members (excludes halogenated alkanes) is 23. The second-order valence-electron chi connectivity index (χ2n) is 15.9. The lowest BCUT2D eigenvalue weighted by Gasteiger charge is -2.18. The highest BCUT2D eigenvalue weighted by Gasteiger charge is 2.19. The zero-order valence-corrected chi connectivity index (χ0v) is 34.0. The van der Waals surface area contributed by atoms with Crippen molar-refractivity contribution in [2.24, 2.45) is 11.8 Å². The number of rotatable bonds is 38. The molecule has 0 radical (unpaired) electrons. The highest BCUT2D eigenvalue weighted by atomic mass is 16.6. The standard InChI is InChI=1S/C44H84O6/c1-6-7-8-9-10-11-12-15-19-26-31-36-44(47)50-41(38-49-43(46)35-30-25-21-20-23-28-33-40(4)5)37-48-42(45)34-29-24-18-16-13-14-17-22-27-32-39(2)3/h39-41H,6-38H2,1-5H3/t41-/m0/s1. The molecule has 0 heterocycles. The van der Waals surface area contributed by atoms with Gasteiger partial charge < -0.3 is 14.2 Å². The Morgan fingerprint density at radius 3 is 0.980 bits per heavy atom. The molecular formula is C44H84O6. The molecule has 6 heteroatoms. The first-order chi connectivity index (χ1) is 24.2. The largest absolute Gasteiger partial charge is 0.462 e. The van der Waals surface area contributed by atoms with Gasteiger partial charge in [-0.25, -0.2) is 0 Å². The molecule has 1 atom stereocenters. The third kappa shape index (κ3) is 37.7. The Hall–Kier alpha value is -1.59. The van der Waals surface area contributed by atoms with Crippen molar-refractivity contribution in [3.8, 4) is 0 Å². The lowest BCUT2D eigenvalue weighted by atomic mass is 10.0. The van der Waals surface area contributed by atoms with Crippen LogP contribution >= 0.6 is 0 Å². The van der Waals surface area contributed by atoms with Gasteiger partial charge in [0.1, 0.15) is 13.2 Å². The summed E-state index contributed by atoms with van der Waals surface area (Å²) in [5.74, 6) is 0.706. The molecule has 0 saturated carbocycles. The minimum absolute atomic E-state index is 0.0662. The van der Waals surface area contributed by atoms with E-state index in [1.54, 1.807) is 0 Å². The highest BCUT2D eigenvalue weighted by Crippen LogP contribution is 2.16. The lowest BCUT2D eigenvalue weighted by Crippen LogP contribution is -2.30. The number of esters is 3. The first-order valence-electron chi connectivity index (χ1n) is 21.7. The average molecular weight is 709 g/mol. The number of ether oxygens (including phenoxy) is 3. The summed E-state index contributed by atoms with van der Waals surface area (Å²) in [4.78, 5) is 37.6. The summed E-state index contributed by atoms with van der Waals surface area (Å²) in [6.07, 6.45) is 33.8. The van der Waals surface area contributed by atoms with E-state index < -0.39 is 6.10 Å². The van der Waals surface area contributed by atoms with Gasteiger partial charge in [-0.2, -0.15) is 0 Å². The first-order valence-corrected chi connectivity index (χ1v) is 21.7. The molecule has 0 rings (SSSR count). The summed E-state index contributed by atoms with van der Waals surface area (Å²) in [6, 6.07) is 0. The van der Waals surface area contributed by atoms with Crippen molar-refractivity contribution in [2.75, 3.05) is 13.2 Å². The molecule has 0 aromatic carbocycles. The maximum absolute atomic E-state index is 12.7. The Morgan fingerprint density at radius 1 is 0.380 bits per heavy atom. The van der Waals surface area contributed by atoms with E-state index >= 15 is 0 Å².